The van der Waals surface area contributed by atoms with Crippen LogP contribution in [-0.4, -0.2) is 24.3 Å². The Morgan fingerprint density at radius 2 is 1.59 bits per heavy atom. The SMILES string of the molecule is CSc1cc(CC2(N)CC2)cc(SC)c1SC. The number of benzene rings is 1. The third-order valence-corrected chi connectivity index (χ3v) is 5.80. The van der Waals surface area contributed by atoms with E-state index in [2.05, 4.69) is 30.9 Å². The molecule has 2 N–H and O–H groups in total. The maximum atomic E-state index is 6.21. The van der Waals surface area contributed by atoms with Gasteiger partial charge in [0.05, 0.1) is 0 Å². The van der Waals surface area contributed by atoms with Crippen molar-refractivity contribution in [2.24, 2.45) is 5.73 Å². The topological polar surface area (TPSA) is 26.0 Å². The number of nitrogens with two attached hydrogens (primary N) is 1. The van der Waals surface area contributed by atoms with E-state index in [0.29, 0.717) is 0 Å². The molecule has 0 amide bonds. The van der Waals surface area contributed by atoms with E-state index in [0.717, 1.165) is 6.42 Å². The third-order valence-electron chi connectivity index (χ3n) is 3.17. The molecule has 0 aliphatic heterocycles. The lowest BCUT2D eigenvalue weighted by Gasteiger charge is -2.15. The zero-order chi connectivity index (χ0) is 12.5. The first kappa shape index (κ1) is 13.7. The van der Waals surface area contributed by atoms with Gasteiger partial charge < -0.3 is 5.73 Å². The molecule has 0 radical (unpaired) electrons. The van der Waals surface area contributed by atoms with Gasteiger partial charge in [-0.3, -0.25) is 0 Å². The fourth-order valence-corrected chi connectivity index (χ4v) is 4.70. The van der Waals surface area contributed by atoms with Crippen LogP contribution in [0.25, 0.3) is 0 Å². The van der Waals surface area contributed by atoms with Crippen LogP contribution in [0.3, 0.4) is 0 Å². The second kappa shape index (κ2) is 5.47. The van der Waals surface area contributed by atoms with Gasteiger partial charge in [-0.25, -0.2) is 0 Å². The molecule has 94 valence electrons. The van der Waals surface area contributed by atoms with Gasteiger partial charge in [0.25, 0.3) is 0 Å². The minimum Gasteiger partial charge on any atom is -0.325 e. The van der Waals surface area contributed by atoms with Crippen molar-refractivity contribution in [1.82, 2.24) is 0 Å². The highest BCUT2D eigenvalue weighted by molar-refractivity contribution is 8.03. The normalized spacial score (nSPS) is 17.2. The Bertz CT molecular complexity index is 388. The standard InChI is InChI=1S/C13H19NS3/c1-15-10-6-9(8-13(14)4-5-13)7-11(16-2)12(10)17-3/h6-7H,4-5,8,14H2,1-3H3. The molecule has 0 spiro atoms. The van der Waals surface area contributed by atoms with Gasteiger partial charge in [-0.05, 0) is 55.7 Å². The maximum absolute atomic E-state index is 6.21. The Hall–Kier alpha value is 0.230. The van der Waals surface area contributed by atoms with E-state index in [1.165, 1.54) is 33.1 Å². The molecule has 2 rings (SSSR count). The summed E-state index contributed by atoms with van der Waals surface area (Å²) >= 11 is 5.51. The van der Waals surface area contributed by atoms with E-state index in [4.69, 9.17) is 5.73 Å². The van der Waals surface area contributed by atoms with Gasteiger partial charge in [0.1, 0.15) is 0 Å². The van der Waals surface area contributed by atoms with Crippen molar-refractivity contribution in [3.8, 4) is 0 Å². The van der Waals surface area contributed by atoms with E-state index in [9.17, 15) is 0 Å². The Morgan fingerprint density at radius 3 is 1.94 bits per heavy atom. The summed E-state index contributed by atoms with van der Waals surface area (Å²) in [6.07, 6.45) is 9.85. The second-order valence-corrected chi connectivity index (χ2v) is 7.09. The zero-order valence-corrected chi connectivity index (χ0v) is 13.0. The van der Waals surface area contributed by atoms with Gasteiger partial charge in [-0.15, -0.1) is 35.3 Å². The molecule has 0 aromatic heterocycles. The fourth-order valence-electron chi connectivity index (χ4n) is 1.98. The molecule has 1 aromatic rings. The summed E-state index contributed by atoms with van der Waals surface area (Å²) in [6, 6.07) is 4.65. The molecular formula is C13H19NS3. The van der Waals surface area contributed by atoms with Crippen LogP contribution in [0.4, 0.5) is 0 Å². The average molecular weight is 286 g/mol. The van der Waals surface area contributed by atoms with Crippen LogP contribution in [0.1, 0.15) is 18.4 Å². The lowest BCUT2D eigenvalue weighted by Crippen LogP contribution is -2.24. The first-order chi connectivity index (χ1) is 8.11. The van der Waals surface area contributed by atoms with Crippen molar-refractivity contribution >= 4 is 35.3 Å². The minimum atomic E-state index is 0.103. The fraction of sp³-hybridized carbons (Fsp3) is 0.538. The van der Waals surface area contributed by atoms with Crippen molar-refractivity contribution in [3.05, 3.63) is 17.7 Å². The van der Waals surface area contributed by atoms with Crippen LogP contribution in [0.15, 0.2) is 26.8 Å². The molecule has 0 bridgehead atoms. The lowest BCUT2D eigenvalue weighted by molar-refractivity contribution is 0.669. The smallest absolute Gasteiger partial charge is 0.0341 e. The Labute approximate surface area is 117 Å². The molecule has 1 aliphatic carbocycles. The van der Waals surface area contributed by atoms with Gasteiger partial charge in [0.15, 0.2) is 0 Å². The highest BCUT2D eigenvalue weighted by Crippen LogP contribution is 2.40. The monoisotopic (exact) mass is 285 g/mol. The summed E-state index contributed by atoms with van der Waals surface area (Å²) in [4.78, 5) is 4.20. The summed E-state index contributed by atoms with van der Waals surface area (Å²) in [5.74, 6) is 0. The van der Waals surface area contributed by atoms with Crippen LogP contribution >= 0.6 is 35.3 Å². The molecule has 1 saturated carbocycles. The predicted molar refractivity (Wildman–Crippen MR) is 81.6 cm³/mol. The Balaban J connectivity index is 2.33. The summed E-state index contributed by atoms with van der Waals surface area (Å²) in [5, 5.41) is 0. The molecule has 0 heterocycles. The Kier molecular flexibility index (Phi) is 4.40. The summed E-state index contributed by atoms with van der Waals surface area (Å²) in [7, 11) is 0. The van der Waals surface area contributed by atoms with E-state index in [-0.39, 0.29) is 5.54 Å². The average Bonchev–Trinajstić information content (AvgIpc) is 3.05. The summed E-state index contributed by atoms with van der Waals surface area (Å²) in [6.45, 7) is 0. The molecule has 17 heavy (non-hydrogen) atoms. The number of rotatable bonds is 5. The number of hydrogen-bond acceptors (Lipinski definition) is 4. The van der Waals surface area contributed by atoms with Crippen LogP contribution < -0.4 is 5.73 Å². The van der Waals surface area contributed by atoms with Crippen molar-refractivity contribution in [2.75, 3.05) is 18.8 Å². The highest BCUT2D eigenvalue weighted by Gasteiger charge is 2.38. The van der Waals surface area contributed by atoms with E-state index >= 15 is 0 Å². The molecule has 1 fully saturated rings. The third kappa shape index (κ3) is 3.16. The lowest BCUT2D eigenvalue weighted by atomic mass is 10.1. The molecule has 4 heteroatoms. The largest absolute Gasteiger partial charge is 0.325 e. The second-order valence-electron chi connectivity index (χ2n) is 4.57. The van der Waals surface area contributed by atoms with Crippen LogP contribution in [0.5, 0.6) is 0 Å². The zero-order valence-electron chi connectivity index (χ0n) is 10.6. The molecule has 0 saturated heterocycles. The van der Waals surface area contributed by atoms with E-state index in [1.807, 2.05) is 35.3 Å². The molecular weight excluding hydrogens is 266 g/mol. The Morgan fingerprint density at radius 1 is 1.06 bits per heavy atom. The van der Waals surface area contributed by atoms with Gasteiger partial charge in [-0.2, -0.15) is 0 Å². The number of thioether (sulfide) groups is 3. The summed E-state index contributed by atoms with van der Waals surface area (Å²) < 4.78 is 0. The van der Waals surface area contributed by atoms with Crippen molar-refractivity contribution in [3.63, 3.8) is 0 Å². The van der Waals surface area contributed by atoms with Crippen molar-refractivity contribution in [2.45, 2.75) is 39.5 Å². The van der Waals surface area contributed by atoms with Crippen molar-refractivity contribution in [1.29, 1.82) is 0 Å². The van der Waals surface area contributed by atoms with Crippen LogP contribution in [0.2, 0.25) is 0 Å². The first-order valence-corrected chi connectivity index (χ1v) is 9.37. The molecule has 0 atom stereocenters. The van der Waals surface area contributed by atoms with Gasteiger partial charge in [-0.1, -0.05) is 0 Å². The van der Waals surface area contributed by atoms with Gasteiger partial charge in [0.2, 0.25) is 0 Å². The molecule has 1 aliphatic rings. The van der Waals surface area contributed by atoms with E-state index in [1.54, 1.807) is 0 Å². The molecule has 0 unspecified atom stereocenters. The summed E-state index contributed by atoms with van der Waals surface area (Å²) in [5.41, 5.74) is 7.72. The van der Waals surface area contributed by atoms with E-state index < -0.39 is 0 Å². The molecule has 1 aromatic carbocycles. The van der Waals surface area contributed by atoms with Crippen molar-refractivity contribution < 1.29 is 0 Å². The molecule has 1 nitrogen and oxygen atoms in total. The minimum absolute atomic E-state index is 0.103. The highest BCUT2D eigenvalue weighted by atomic mass is 32.2. The van der Waals surface area contributed by atoms with Crippen LogP contribution in [0, 0.1) is 0 Å². The first-order valence-electron chi connectivity index (χ1n) is 5.69. The maximum Gasteiger partial charge on any atom is 0.0341 e. The van der Waals surface area contributed by atoms with Crippen LogP contribution in [-0.2, 0) is 6.42 Å². The van der Waals surface area contributed by atoms with Gasteiger partial charge in [0, 0.05) is 20.2 Å². The number of hydrogen-bond donors (Lipinski definition) is 1. The van der Waals surface area contributed by atoms with Gasteiger partial charge >= 0.3 is 0 Å². The quantitative estimate of drug-likeness (QED) is 0.830. The predicted octanol–water partition coefficient (Wildman–Crippen LogP) is 3.89.